The summed E-state index contributed by atoms with van der Waals surface area (Å²) in [7, 11) is 0. The second-order valence-electron chi connectivity index (χ2n) is 7.06. The van der Waals surface area contributed by atoms with Gasteiger partial charge in [-0.3, -0.25) is 14.5 Å². The molecule has 1 aromatic heterocycles. The molecule has 1 fully saturated rings. The van der Waals surface area contributed by atoms with Gasteiger partial charge in [-0.25, -0.2) is 9.97 Å². The van der Waals surface area contributed by atoms with Crippen molar-refractivity contribution in [1.29, 1.82) is 0 Å². The molecule has 0 unspecified atom stereocenters. The number of aromatic nitrogens is 2. The molecule has 0 bridgehead atoms. The quantitative estimate of drug-likeness (QED) is 0.876. The third-order valence-corrected chi connectivity index (χ3v) is 4.45. The summed E-state index contributed by atoms with van der Waals surface area (Å²) in [5.74, 6) is 0.288. The molecule has 0 aliphatic carbocycles. The molecule has 2 heterocycles. The van der Waals surface area contributed by atoms with Crippen LogP contribution >= 0.6 is 0 Å². The predicted molar refractivity (Wildman–Crippen MR) is 104 cm³/mol. The zero-order valence-electron chi connectivity index (χ0n) is 15.8. The van der Waals surface area contributed by atoms with Crippen molar-refractivity contribution in [1.82, 2.24) is 19.8 Å². The highest BCUT2D eigenvalue weighted by atomic mass is 16.2. The first-order valence-corrected chi connectivity index (χ1v) is 9.23. The van der Waals surface area contributed by atoms with Crippen LogP contribution in [0.15, 0.2) is 42.7 Å². The normalized spacial score (nSPS) is 15.0. The molecule has 1 saturated heterocycles. The zero-order valence-corrected chi connectivity index (χ0v) is 15.8. The first-order valence-electron chi connectivity index (χ1n) is 9.23. The minimum atomic E-state index is -0.313. The zero-order chi connectivity index (χ0) is 19.2. The van der Waals surface area contributed by atoms with E-state index < -0.39 is 0 Å². The molecule has 2 aromatic rings. The van der Waals surface area contributed by atoms with Gasteiger partial charge in [-0.15, -0.1) is 0 Å². The monoisotopic (exact) mass is 367 g/mol. The third kappa shape index (κ3) is 4.89. The first kappa shape index (κ1) is 19.0. The van der Waals surface area contributed by atoms with Crippen molar-refractivity contribution in [3.8, 4) is 0 Å². The van der Waals surface area contributed by atoms with Gasteiger partial charge >= 0.3 is 0 Å². The summed E-state index contributed by atoms with van der Waals surface area (Å²) in [6.07, 6.45) is 2.94. The fourth-order valence-electron chi connectivity index (χ4n) is 3.15. The van der Waals surface area contributed by atoms with E-state index in [-0.39, 0.29) is 23.3 Å². The number of benzene rings is 1. The number of carbonyl (C=O) groups is 2. The molecule has 27 heavy (non-hydrogen) atoms. The highest BCUT2D eigenvalue weighted by Gasteiger charge is 2.26. The van der Waals surface area contributed by atoms with Crippen LogP contribution in [0.2, 0.25) is 0 Å². The lowest BCUT2D eigenvalue weighted by Crippen LogP contribution is -2.49. The molecular formula is C20H25N5O2. The van der Waals surface area contributed by atoms with Crippen LogP contribution < -0.4 is 5.32 Å². The average molecular weight is 367 g/mol. The summed E-state index contributed by atoms with van der Waals surface area (Å²) < 4.78 is 0. The number of nitrogens with one attached hydrogen (secondary N) is 1. The van der Waals surface area contributed by atoms with Gasteiger partial charge in [0.05, 0.1) is 0 Å². The number of hydrogen-bond donors (Lipinski definition) is 1. The molecule has 0 atom stereocenters. The predicted octanol–water partition coefficient (Wildman–Crippen LogP) is 2.14. The molecular weight excluding hydrogens is 342 g/mol. The number of hydrogen-bond acceptors (Lipinski definition) is 5. The molecule has 7 nitrogen and oxygen atoms in total. The van der Waals surface area contributed by atoms with Crippen LogP contribution in [0.4, 0.5) is 5.82 Å². The van der Waals surface area contributed by atoms with Gasteiger partial charge in [0.15, 0.2) is 11.5 Å². The Morgan fingerprint density at radius 3 is 2.37 bits per heavy atom. The maximum atomic E-state index is 12.9. The second kappa shape index (κ2) is 8.73. The molecule has 3 rings (SSSR count). The van der Waals surface area contributed by atoms with Gasteiger partial charge in [-0.2, -0.15) is 0 Å². The molecule has 1 N–H and O–H groups in total. The van der Waals surface area contributed by atoms with Gasteiger partial charge in [-0.05, 0) is 18.1 Å². The van der Waals surface area contributed by atoms with E-state index in [9.17, 15) is 9.59 Å². The van der Waals surface area contributed by atoms with Gasteiger partial charge in [0.1, 0.15) is 0 Å². The first-order chi connectivity index (χ1) is 13.0. The number of nitrogens with zero attached hydrogens (tertiary/aromatic N) is 4. The van der Waals surface area contributed by atoms with Gasteiger partial charge in [0, 0.05) is 50.7 Å². The van der Waals surface area contributed by atoms with E-state index in [1.165, 1.54) is 12.4 Å². The lowest BCUT2D eigenvalue weighted by molar-refractivity contribution is 0.0619. The molecule has 0 radical (unpaired) electrons. The number of piperazine rings is 1. The Labute approximate surface area is 159 Å². The molecule has 7 heteroatoms. The number of carbonyl (C=O) groups excluding carboxylic acids is 2. The molecule has 142 valence electrons. The molecule has 1 aromatic carbocycles. The molecule has 1 aliphatic heterocycles. The van der Waals surface area contributed by atoms with E-state index in [0.29, 0.717) is 24.6 Å². The minimum absolute atomic E-state index is 0.180. The topological polar surface area (TPSA) is 78.4 Å². The van der Waals surface area contributed by atoms with Crippen LogP contribution in [-0.4, -0.2) is 64.3 Å². The SMILES string of the molecule is CC(C)CN1CCN(C(=O)c2nccnc2NC(=O)c2ccccc2)CC1. The van der Waals surface area contributed by atoms with Crippen LogP contribution in [0.1, 0.15) is 34.7 Å². The van der Waals surface area contributed by atoms with Crippen LogP contribution in [0.5, 0.6) is 0 Å². The number of amides is 2. The van der Waals surface area contributed by atoms with E-state index in [0.717, 1.165) is 19.6 Å². The highest BCUT2D eigenvalue weighted by Crippen LogP contribution is 2.15. The highest BCUT2D eigenvalue weighted by molar-refractivity contribution is 6.07. The van der Waals surface area contributed by atoms with Crippen LogP contribution in [-0.2, 0) is 0 Å². The van der Waals surface area contributed by atoms with E-state index in [1.807, 2.05) is 6.07 Å². The molecule has 1 aliphatic rings. The summed E-state index contributed by atoms with van der Waals surface area (Å²) in [5, 5.41) is 2.71. The maximum absolute atomic E-state index is 12.9. The second-order valence-corrected chi connectivity index (χ2v) is 7.06. The molecule has 0 saturated carbocycles. The standard InChI is InChI=1S/C20H25N5O2/c1-15(2)14-24-10-12-25(13-11-24)20(27)17-18(22-9-8-21-17)23-19(26)16-6-4-3-5-7-16/h3-9,15H,10-14H2,1-2H3,(H,22,23,26). The van der Waals surface area contributed by atoms with Crippen molar-refractivity contribution in [2.24, 2.45) is 5.92 Å². The van der Waals surface area contributed by atoms with Crippen molar-refractivity contribution in [3.63, 3.8) is 0 Å². The summed E-state index contributed by atoms with van der Waals surface area (Å²) in [4.78, 5) is 37.8. The van der Waals surface area contributed by atoms with E-state index in [1.54, 1.807) is 29.2 Å². The third-order valence-electron chi connectivity index (χ3n) is 4.45. The van der Waals surface area contributed by atoms with Crippen molar-refractivity contribution < 1.29 is 9.59 Å². The minimum Gasteiger partial charge on any atom is -0.335 e. The van der Waals surface area contributed by atoms with Crippen molar-refractivity contribution >= 4 is 17.6 Å². The van der Waals surface area contributed by atoms with E-state index in [4.69, 9.17) is 0 Å². The summed E-state index contributed by atoms with van der Waals surface area (Å²) in [6, 6.07) is 8.83. The van der Waals surface area contributed by atoms with E-state index >= 15 is 0 Å². The lowest BCUT2D eigenvalue weighted by Gasteiger charge is -2.35. The van der Waals surface area contributed by atoms with Crippen LogP contribution in [0.3, 0.4) is 0 Å². The summed E-state index contributed by atoms with van der Waals surface area (Å²) >= 11 is 0. The fraction of sp³-hybridized carbons (Fsp3) is 0.400. The Bertz CT molecular complexity index is 786. The Morgan fingerprint density at radius 1 is 1.04 bits per heavy atom. The van der Waals surface area contributed by atoms with Crippen LogP contribution in [0, 0.1) is 5.92 Å². The molecule has 0 spiro atoms. The van der Waals surface area contributed by atoms with Gasteiger partial charge in [0.25, 0.3) is 11.8 Å². The largest absolute Gasteiger partial charge is 0.335 e. The van der Waals surface area contributed by atoms with Crippen LogP contribution in [0.25, 0.3) is 0 Å². The fourth-order valence-corrected chi connectivity index (χ4v) is 3.15. The van der Waals surface area contributed by atoms with Crippen molar-refractivity contribution in [3.05, 3.63) is 54.0 Å². The van der Waals surface area contributed by atoms with Gasteiger partial charge in [-0.1, -0.05) is 32.0 Å². The molecule has 2 amide bonds. The number of anilines is 1. The Balaban J connectivity index is 1.69. The lowest BCUT2D eigenvalue weighted by atomic mass is 10.2. The van der Waals surface area contributed by atoms with Gasteiger partial charge in [0.2, 0.25) is 0 Å². The van der Waals surface area contributed by atoms with Gasteiger partial charge < -0.3 is 10.2 Å². The maximum Gasteiger partial charge on any atom is 0.276 e. The average Bonchev–Trinajstić information content (AvgIpc) is 2.69. The van der Waals surface area contributed by atoms with E-state index in [2.05, 4.69) is 34.0 Å². The number of rotatable bonds is 5. The van der Waals surface area contributed by atoms with Crippen molar-refractivity contribution in [2.75, 3.05) is 38.0 Å². The smallest absolute Gasteiger partial charge is 0.276 e. The summed E-state index contributed by atoms with van der Waals surface area (Å²) in [5.41, 5.74) is 0.683. The summed E-state index contributed by atoms with van der Waals surface area (Å²) in [6.45, 7) is 8.40. The van der Waals surface area contributed by atoms with Crippen molar-refractivity contribution in [2.45, 2.75) is 13.8 Å². The Kier molecular flexibility index (Phi) is 6.13. The Hall–Kier alpha value is -2.80. The Morgan fingerprint density at radius 2 is 1.70 bits per heavy atom.